The summed E-state index contributed by atoms with van der Waals surface area (Å²) in [4.78, 5) is 39.8. The van der Waals surface area contributed by atoms with E-state index in [0.717, 1.165) is 15.6 Å². The van der Waals surface area contributed by atoms with Gasteiger partial charge in [-0.3, -0.25) is 14.4 Å². The minimum atomic E-state index is -0.628. The molecule has 29 heavy (non-hydrogen) atoms. The fourth-order valence-corrected chi connectivity index (χ4v) is 3.14. The predicted octanol–water partition coefficient (Wildman–Crippen LogP) is 3.84. The van der Waals surface area contributed by atoms with E-state index < -0.39 is 23.5 Å². The number of amides is 1. The molecule has 0 aliphatic carbocycles. The molecular formula is C22H19BrN2O4. The van der Waals surface area contributed by atoms with Crippen LogP contribution in [-0.4, -0.2) is 24.0 Å². The normalized spacial score (nSPS) is 11.5. The molecule has 3 aromatic rings. The van der Waals surface area contributed by atoms with Crippen LogP contribution in [-0.2, 0) is 9.53 Å². The number of H-pyrrole nitrogens is 1. The molecule has 1 unspecified atom stereocenters. The molecule has 0 saturated carbocycles. The molecule has 0 spiro atoms. The average molecular weight is 455 g/mol. The first-order valence-corrected chi connectivity index (χ1v) is 9.69. The molecule has 0 fully saturated rings. The minimum absolute atomic E-state index is 0.0309. The Hall–Kier alpha value is -3.19. The van der Waals surface area contributed by atoms with E-state index in [4.69, 9.17) is 4.74 Å². The topological polar surface area (TPSA) is 88.3 Å². The summed E-state index contributed by atoms with van der Waals surface area (Å²) in [6, 6.07) is 19.1. The van der Waals surface area contributed by atoms with E-state index in [1.165, 1.54) is 13.2 Å². The number of aromatic nitrogens is 1. The lowest BCUT2D eigenvalue weighted by molar-refractivity contribution is -0.141. The summed E-state index contributed by atoms with van der Waals surface area (Å²) in [5, 5.41) is 2.76. The van der Waals surface area contributed by atoms with E-state index in [9.17, 15) is 14.4 Å². The number of benzene rings is 2. The molecular weight excluding hydrogens is 436 g/mol. The number of halogens is 1. The van der Waals surface area contributed by atoms with Gasteiger partial charge in [-0.2, -0.15) is 0 Å². The first-order chi connectivity index (χ1) is 14.0. The van der Waals surface area contributed by atoms with Crippen LogP contribution in [0.25, 0.3) is 11.3 Å². The molecule has 6 nitrogen and oxygen atoms in total. The van der Waals surface area contributed by atoms with Crippen LogP contribution in [0.4, 0.5) is 0 Å². The van der Waals surface area contributed by atoms with Crippen LogP contribution in [0.3, 0.4) is 0 Å². The molecule has 0 radical (unpaired) electrons. The van der Waals surface area contributed by atoms with Gasteiger partial charge in [0.1, 0.15) is 5.56 Å². The second-order valence-electron chi connectivity index (χ2n) is 6.34. The first kappa shape index (κ1) is 20.5. The zero-order chi connectivity index (χ0) is 20.8. The summed E-state index contributed by atoms with van der Waals surface area (Å²) in [5.74, 6) is -1.03. The number of aromatic amines is 1. The standard InChI is InChI=1S/C22H19BrN2O4/c1-29-20(26)13-19(15-7-9-16(23)10-8-15)25-22(28)17-11-12-18(24-21(17)27)14-5-3-2-4-6-14/h2-12,19H,13H2,1H3,(H,24,27)(H,25,28). The highest BCUT2D eigenvalue weighted by atomic mass is 79.9. The highest BCUT2D eigenvalue weighted by Crippen LogP contribution is 2.21. The molecule has 3 rings (SSSR count). The number of esters is 1. The molecule has 0 aliphatic heterocycles. The van der Waals surface area contributed by atoms with E-state index in [1.807, 2.05) is 42.5 Å². The monoisotopic (exact) mass is 454 g/mol. The van der Waals surface area contributed by atoms with Crippen molar-refractivity contribution < 1.29 is 14.3 Å². The number of pyridine rings is 1. The Labute approximate surface area is 176 Å². The Morgan fingerprint density at radius 3 is 2.34 bits per heavy atom. The van der Waals surface area contributed by atoms with Crippen molar-refractivity contribution >= 4 is 27.8 Å². The smallest absolute Gasteiger partial charge is 0.307 e. The van der Waals surface area contributed by atoms with Crippen LogP contribution in [0.1, 0.15) is 28.4 Å². The van der Waals surface area contributed by atoms with Crippen molar-refractivity contribution in [3.63, 3.8) is 0 Å². The number of hydrogen-bond donors (Lipinski definition) is 2. The van der Waals surface area contributed by atoms with Gasteiger partial charge in [0.05, 0.1) is 19.6 Å². The number of carbonyl (C=O) groups is 2. The molecule has 2 N–H and O–H groups in total. The van der Waals surface area contributed by atoms with Crippen LogP contribution in [0.2, 0.25) is 0 Å². The summed E-state index contributed by atoms with van der Waals surface area (Å²) in [5.41, 5.74) is 1.65. The van der Waals surface area contributed by atoms with Crippen molar-refractivity contribution in [1.29, 1.82) is 0 Å². The molecule has 1 atom stereocenters. The number of carbonyl (C=O) groups excluding carboxylic acids is 2. The van der Waals surface area contributed by atoms with Crippen molar-refractivity contribution in [3.8, 4) is 11.3 Å². The van der Waals surface area contributed by atoms with Gasteiger partial charge in [0, 0.05) is 10.2 Å². The Morgan fingerprint density at radius 1 is 1.03 bits per heavy atom. The lowest BCUT2D eigenvalue weighted by Gasteiger charge is -2.18. The molecule has 2 aromatic carbocycles. The summed E-state index contributed by atoms with van der Waals surface area (Å²) < 4.78 is 5.61. The van der Waals surface area contributed by atoms with Crippen molar-refractivity contribution in [2.45, 2.75) is 12.5 Å². The number of hydrogen-bond acceptors (Lipinski definition) is 4. The van der Waals surface area contributed by atoms with Crippen molar-refractivity contribution in [3.05, 3.63) is 92.7 Å². The van der Waals surface area contributed by atoms with Crippen LogP contribution in [0.15, 0.2) is 76.0 Å². The third-order valence-electron chi connectivity index (χ3n) is 4.42. The van der Waals surface area contributed by atoms with Crippen LogP contribution >= 0.6 is 15.9 Å². The molecule has 148 valence electrons. The molecule has 1 amide bonds. The summed E-state index contributed by atoms with van der Waals surface area (Å²) >= 11 is 3.36. The average Bonchev–Trinajstić information content (AvgIpc) is 2.74. The van der Waals surface area contributed by atoms with Gasteiger partial charge in [0.2, 0.25) is 0 Å². The summed E-state index contributed by atoms with van der Waals surface area (Å²) in [6.45, 7) is 0. The van der Waals surface area contributed by atoms with Crippen molar-refractivity contribution in [2.24, 2.45) is 0 Å². The number of ether oxygens (including phenoxy) is 1. The number of rotatable bonds is 6. The highest BCUT2D eigenvalue weighted by molar-refractivity contribution is 9.10. The molecule has 1 heterocycles. The largest absolute Gasteiger partial charge is 0.469 e. The number of nitrogens with one attached hydrogen (secondary N) is 2. The molecule has 1 aromatic heterocycles. The second-order valence-corrected chi connectivity index (χ2v) is 7.25. The minimum Gasteiger partial charge on any atom is -0.469 e. The molecule has 0 saturated heterocycles. The first-order valence-electron chi connectivity index (χ1n) is 8.90. The quantitative estimate of drug-likeness (QED) is 0.553. The maximum Gasteiger partial charge on any atom is 0.307 e. The lowest BCUT2D eigenvalue weighted by Crippen LogP contribution is -2.34. The third-order valence-corrected chi connectivity index (χ3v) is 4.94. The zero-order valence-corrected chi connectivity index (χ0v) is 17.2. The van der Waals surface area contributed by atoms with Crippen LogP contribution in [0, 0.1) is 0 Å². The molecule has 0 aliphatic rings. The number of methoxy groups -OCH3 is 1. The predicted molar refractivity (Wildman–Crippen MR) is 113 cm³/mol. The van der Waals surface area contributed by atoms with Crippen LogP contribution < -0.4 is 10.9 Å². The fourth-order valence-electron chi connectivity index (χ4n) is 2.87. The van der Waals surface area contributed by atoms with Gasteiger partial charge in [-0.15, -0.1) is 0 Å². The Morgan fingerprint density at radius 2 is 1.72 bits per heavy atom. The Bertz CT molecular complexity index is 1060. The van der Waals surface area contributed by atoms with Crippen molar-refractivity contribution in [1.82, 2.24) is 10.3 Å². The van der Waals surface area contributed by atoms with E-state index in [1.54, 1.807) is 18.2 Å². The van der Waals surface area contributed by atoms with Gasteiger partial charge in [0.15, 0.2) is 0 Å². The maximum absolute atomic E-state index is 12.7. The molecule has 0 bridgehead atoms. The van der Waals surface area contributed by atoms with Gasteiger partial charge in [0.25, 0.3) is 11.5 Å². The van der Waals surface area contributed by atoms with Gasteiger partial charge < -0.3 is 15.0 Å². The van der Waals surface area contributed by atoms with Gasteiger partial charge in [-0.25, -0.2) is 0 Å². The molecule has 7 heteroatoms. The summed E-state index contributed by atoms with van der Waals surface area (Å²) in [6.07, 6.45) is -0.0517. The zero-order valence-electron chi connectivity index (χ0n) is 15.6. The van der Waals surface area contributed by atoms with E-state index in [0.29, 0.717) is 5.69 Å². The second kappa shape index (κ2) is 9.34. The Balaban J connectivity index is 1.84. The summed E-state index contributed by atoms with van der Waals surface area (Å²) in [7, 11) is 1.29. The van der Waals surface area contributed by atoms with E-state index in [-0.39, 0.29) is 12.0 Å². The van der Waals surface area contributed by atoms with Gasteiger partial charge in [-0.05, 0) is 35.4 Å². The third kappa shape index (κ3) is 5.20. The lowest BCUT2D eigenvalue weighted by atomic mass is 10.0. The van der Waals surface area contributed by atoms with E-state index >= 15 is 0 Å². The van der Waals surface area contributed by atoms with Gasteiger partial charge >= 0.3 is 5.97 Å². The van der Waals surface area contributed by atoms with Crippen LogP contribution in [0.5, 0.6) is 0 Å². The van der Waals surface area contributed by atoms with Crippen molar-refractivity contribution in [2.75, 3.05) is 7.11 Å². The Kier molecular flexibility index (Phi) is 6.61. The van der Waals surface area contributed by atoms with E-state index in [2.05, 4.69) is 26.2 Å². The van der Waals surface area contributed by atoms with Gasteiger partial charge in [-0.1, -0.05) is 58.4 Å². The highest BCUT2D eigenvalue weighted by Gasteiger charge is 2.21. The maximum atomic E-state index is 12.7. The fraction of sp³-hybridized carbons (Fsp3) is 0.136. The SMILES string of the molecule is COC(=O)CC(NC(=O)c1ccc(-c2ccccc2)[nH]c1=O)c1ccc(Br)cc1.